The number of likely N-dealkylation sites (N-methyl/N-ethyl adjacent to an activating group) is 1. The highest BCUT2D eigenvalue weighted by Crippen LogP contribution is 2.37. The minimum Gasteiger partial charge on any atom is -0.489 e. The molecule has 2 aromatic heterocycles. The van der Waals surface area contributed by atoms with Crippen LogP contribution in [0.4, 0.5) is 10.8 Å². The molecular formula is C25H34N6O3S2. The number of carbonyl (C=O) groups excluding carboxylic acids is 1. The zero-order valence-electron chi connectivity index (χ0n) is 21.2. The first-order valence-corrected chi connectivity index (χ1v) is 13.9. The summed E-state index contributed by atoms with van der Waals surface area (Å²) in [4.78, 5) is 26.6. The Balaban J connectivity index is 1.52. The van der Waals surface area contributed by atoms with Crippen LogP contribution in [0.5, 0.6) is 5.75 Å². The number of amides is 1. The van der Waals surface area contributed by atoms with E-state index >= 15 is 0 Å². The predicted octanol–water partition coefficient (Wildman–Crippen LogP) is 4.22. The fourth-order valence-corrected chi connectivity index (χ4v) is 6.00. The minimum atomic E-state index is -0.720. The van der Waals surface area contributed by atoms with Gasteiger partial charge in [-0.1, -0.05) is 6.92 Å². The molecule has 1 fully saturated rings. The number of thiazole rings is 2. The molecule has 9 nitrogen and oxygen atoms in total. The number of aromatic nitrogens is 2. The lowest BCUT2D eigenvalue weighted by Gasteiger charge is -2.24. The number of nitrogens with two attached hydrogens (primary N) is 1. The maximum absolute atomic E-state index is 11.7. The van der Waals surface area contributed by atoms with Crippen molar-refractivity contribution in [3.63, 3.8) is 0 Å². The third-order valence-electron chi connectivity index (χ3n) is 6.06. The van der Waals surface area contributed by atoms with E-state index in [2.05, 4.69) is 27.0 Å². The maximum Gasteiger partial charge on any atom is 0.248 e. The zero-order chi connectivity index (χ0) is 25.8. The lowest BCUT2D eigenvalue weighted by molar-refractivity contribution is 0.00436. The van der Waals surface area contributed by atoms with Crippen LogP contribution in [0.25, 0.3) is 10.6 Å². The molecule has 1 atom stereocenters. The summed E-state index contributed by atoms with van der Waals surface area (Å²) >= 11 is 2.93. The van der Waals surface area contributed by atoms with E-state index in [0.717, 1.165) is 55.4 Å². The summed E-state index contributed by atoms with van der Waals surface area (Å²) in [5.41, 5.74) is 8.12. The summed E-state index contributed by atoms with van der Waals surface area (Å²) in [6.45, 7) is 12.7. The van der Waals surface area contributed by atoms with Crippen LogP contribution in [0.3, 0.4) is 0 Å². The molecule has 1 amide bonds. The molecule has 0 bridgehead atoms. The molecule has 0 spiro atoms. The van der Waals surface area contributed by atoms with Gasteiger partial charge in [-0.3, -0.25) is 9.69 Å². The van der Waals surface area contributed by atoms with Crippen molar-refractivity contribution in [2.75, 3.05) is 38.0 Å². The molecular weight excluding hydrogens is 496 g/mol. The molecule has 3 aromatic rings. The van der Waals surface area contributed by atoms with Crippen molar-refractivity contribution in [1.82, 2.24) is 19.8 Å². The molecule has 4 N–H and O–H groups in total. The van der Waals surface area contributed by atoms with Crippen molar-refractivity contribution in [3.8, 4) is 16.3 Å². The number of anilines is 2. The molecule has 1 saturated heterocycles. The van der Waals surface area contributed by atoms with Gasteiger partial charge in [-0.25, -0.2) is 9.97 Å². The van der Waals surface area contributed by atoms with Crippen molar-refractivity contribution in [3.05, 3.63) is 39.8 Å². The standard InChI is InChI=1S/C25H34N6O3S2/c1-5-30-9-6-10-31(12-11-30)24(33)23-27-16(4)21(36-23)19-14-35-25(29-19)28-18-13-17(22(26)32)7-8-20(18)34-15(2)3/h7-8,13-15,24,33H,5-6,9-12H2,1-4H3,(H2,26,32)(H,28,29). The first-order valence-electron chi connectivity index (χ1n) is 12.2. The van der Waals surface area contributed by atoms with E-state index in [1.165, 1.54) is 22.7 Å². The molecule has 3 heterocycles. The van der Waals surface area contributed by atoms with Crippen LogP contribution in [0, 0.1) is 6.92 Å². The SMILES string of the molecule is CCN1CCCN(C(O)c2nc(C)c(-c3csc(Nc4cc(C(N)=O)ccc4OC(C)C)n3)s2)CC1. The van der Waals surface area contributed by atoms with E-state index in [4.69, 9.17) is 15.5 Å². The largest absolute Gasteiger partial charge is 0.489 e. The van der Waals surface area contributed by atoms with Gasteiger partial charge in [-0.05, 0) is 58.5 Å². The lowest BCUT2D eigenvalue weighted by atomic mass is 10.1. The van der Waals surface area contributed by atoms with E-state index in [1.807, 2.05) is 26.2 Å². The van der Waals surface area contributed by atoms with Gasteiger partial charge in [0.25, 0.3) is 0 Å². The third kappa shape index (κ3) is 6.22. The Labute approximate surface area is 219 Å². The number of hydrogen-bond acceptors (Lipinski definition) is 10. The van der Waals surface area contributed by atoms with Gasteiger partial charge in [-0.2, -0.15) is 0 Å². The summed E-state index contributed by atoms with van der Waals surface area (Å²) in [5, 5.41) is 17.6. The van der Waals surface area contributed by atoms with E-state index in [-0.39, 0.29) is 6.10 Å². The number of aliphatic hydroxyl groups excluding tert-OH is 1. The van der Waals surface area contributed by atoms with E-state index < -0.39 is 12.1 Å². The van der Waals surface area contributed by atoms with Gasteiger partial charge >= 0.3 is 0 Å². The topological polar surface area (TPSA) is 117 Å². The van der Waals surface area contributed by atoms with E-state index in [0.29, 0.717) is 27.1 Å². The highest BCUT2D eigenvalue weighted by Gasteiger charge is 2.25. The maximum atomic E-state index is 11.7. The lowest BCUT2D eigenvalue weighted by Crippen LogP contribution is -2.33. The van der Waals surface area contributed by atoms with Gasteiger partial charge in [-0.15, -0.1) is 22.7 Å². The molecule has 1 unspecified atom stereocenters. The summed E-state index contributed by atoms with van der Waals surface area (Å²) in [6, 6.07) is 5.06. The van der Waals surface area contributed by atoms with Crippen LogP contribution in [-0.2, 0) is 0 Å². The Bertz CT molecular complexity index is 1190. The second-order valence-corrected chi connectivity index (χ2v) is 11.0. The number of nitrogens with zero attached hydrogens (tertiary/aromatic N) is 4. The summed E-state index contributed by atoms with van der Waals surface area (Å²) < 4.78 is 5.89. The molecule has 1 aliphatic rings. The first kappa shape index (κ1) is 26.5. The monoisotopic (exact) mass is 530 g/mol. The first-order chi connectivity index (χ1) is 17.2. The molecule has 0 saturated carbocycles. The summed E-state index contributed by atoms with van der Waals surface area (Å²) in [6.07, 6.45) is 0.279. The number of ether oxygens (including phenoxy) is 1. The molecule has 11 heteroatoms. The molecule has 36 heavy (non-hydrogen) atoms. The van der Waals surface area contributed by atoms with Crippen LogP contribution < -0.4 is 15.8 Å². The normalized spacial score (nSPS) is 16.2. The second kappa shape index (κ2) is 11.7. The Kier molecular flexibility index (Phi) is 8.58. The van der Waals surface area contributed by atoms with Crippen molar-refractivity contribution in [2.45, 2.75) is 46.4 Å². The van der Waals surface area contributed by atoms with Gasteiger partial charge in [0, 0.05) is 30.6 Å². The Morgan fingerprint density at radius 2 is 2.06 bits per heavy atom. The number of primary amides is 1. The average Bonchev–Trinajstić information content (AvgIpc) is 3.37. The van der Waals surface area contributed by atoms with Gasteiger partial charge in [0.2, 0.25) is 5.91 Å². The van der Waals surface area contributed by atoms with Crippen LogP contribution in [0.1, 0.15) is 54.5 Å². The van der Waals surface area contributed by atoms with E-state index in [1.54, 1.807) is 18.2 Å². The third-order valence-corrected chi connectivity index (χ3v) is 8.03. The Morgan fingerprint density at radius 1 is 1.25 bits per heavy atom. The number of rotatable bonds is 9. The fourth-order valence-electron chi connectivity index (χ4n) is 4.16. The average molecular weight is 531 g/mol. The van der Waals surface area contributed by atoms with Gasteiger partial charge in [0.15, 0.2) is 11.4 Å². The quantitative estimate of drug-likeness (QED) is 0.376. The van der Waals surface area contributed by atoms with Crippen molar-refractivity contribution in [1.29, 1.82) is 0 Å². The molecule has 1 aromatic carbocycles. The predicted molar refractivity (Wildman–Crippen MR) is 145 cm³/mol. The number of hydrogen-bond donors (Lipinski definition) is 3. The number of benzene rings is 1. The van der Waals surface area contributed by atoms with Gasteiger partial charge < -0.3 is 25.8 Å². The summed E-state index contributed by atoms with van der Waals surface area (Å²) in [7, 11) is 0. The number of carbonyl (C=O) groups is 1. The molecule has 194 valence electrons. The highest BCUT2D eigenvalue weighted by molar-refractivity contribution is 7.17. The van der Waals surface area contributed by atoms with E-state index in [9.17, 15) is 9.90 Å². The molecule has 0 radical (unpaired) electrons. The Hall–Kier alpha value is -2.57. The van der Waals surface area contributed by atoms with Crippen LogP contribution >= 0.6 is 22.7 Å². The van der Waals surface area contributed by atoms with Crippen LogP contribution in [0.15, 0.2) is 23.6 Å². The molecule has 4 rings (SSSR count). The summed E-state index contributed by atoms with van der Waals surface area (Å²) in [5.74, 6) is 0.109. The fraction of sp³-hybridized carbons (Fsp3) is 0.480. The van der Waals surface area contributed by atoms with Gasteiger partial charge in [0.05, 0.1) is 28.1 Å². The Morgan fingerprint density at radius 3 is 2.78 bits per heavy atom. The highest BCUT2D eigenvalue weighted by atomic mass is 32.1. The van der Waals surface area contributed by atoms with Crippen molar-refractivity contribution >= 4 is 39.4 Å². The number of aryl methyl sites for hydroxylation is 1. The number of aliphatic hydroxyl groups is 1. The molecule has 0 aliphatic carbocycles. The van der Waals surface area contributed by atoms with Crippen LogP contribution in [0.2, 0.25) is 0 Å². The van der Waals surface area contributed by atoms with Gasteiger partial charge in [0.1, 0.15) is 10.8 Å². The zero-order valence-corrected chi connectivity index (χ0v) is 22.8. The second-order valence-electron chi connectivity index (χ2n) is 9.07. The van der Waals surface area contributed by atoms with Crippen molar-refractivity contribution in [2.24, 2.45) is 5.73 Å². The van der Waals surface area contributed by atoms with Crippen molar-refractivity contribution < 1.29 is 14.6 Å². The molecule has 1 aliphatic heterocycles. The smallest absolute Gasteiger partial charge is 0.248 e. The van der Waals surface area contributed by atoms with Crippen LogP contribution in [-0.4, -0.2) is 69.6 Å². The minimum absolute atomic E-state index is 0.0317. The number of nitrogens with one attached hydrogen (secondary N) is 1.